The van der Waals surface area contributed by atoms with Crippen LogP contribution in [0.2, 0.25) is 0 Å². The number of hydrogen-bond acceptors (Lipinski definition) is 3. The molecule has 0 atom stereocenters. The van der Waals surface area contributed by atoms with E-state index in [4.69, 9.17) is 0 Å². The van der Waals surface area contributed by atoms with Crippen LogP contribution in [0.25, 0.3) is 0 Å². The van der Waals surface area contributed by atoms with E-state index in [0.717, 1.165) is 6.26 Å². The number of rotatable bonds is 2. The minimum atomic E-state index is -3.35. The Morgan fingerprint density at radius 1 is 1.44 bits per heavy atom. The third kappa shape index (κ3) is 2.41. The lowest BCUT2D eigenvalue weighted by atomic mass is 10.4. The van der Waals surface area contributed by atoms with Crippen LogP contribution in [0.1, 0.15) is 6.92 Å². The summed E-state index contributed by atoms with van der Waals surface area (Å²) in [5.74, 6) is -0.502. The van der Waals surface area contributed by atoms with Crippen LogP contribution >= 0.6 is 0 Å². The third-order valence-corrected chi connectivity index (χ3v) is 2.02. The molecule has 0 radical (unpaired) electrons. The first-order chi connectivity index (χ1) is 3.85. The Morgan fingerprint density at radius 2 is 1.78 bits per heavy atom. The number of allylic oxidation sites excluding steroid dienone is 1. The first-order valence-electron chi connectivity index (χ1n) is 2.25. The lowest BCUT2D eigenvalue weighted by molar-refractivity contribution is -0.112. The molecule has 0 aliphatic heterocycles. The lowest BCUT2D eigenvalue weighted by Gasteiger charge is -1.93. The zero-order chi connectivity index (χ0) is 7.65. The zero-order valence-electron chi connectivity index (χ0n) is 5.34. The summed E-state index contributed by atoms with van der Waals surface area (Å²) in [6.07, 6.45) is 0.955. The molecule has 0 aliphatic carbocycles. The monoisotopic (exact) mass is 148 g/mol. The maximum absolute atomic E-state index is 10.5. The smallest absolute Gasteiger partial charge is 0.178 e. The molecule has 0 rings (SSSR count). The van der Waals surface area contributed by atoms with Crippen molar-refractivity contribution in [1.82, 2.24) is 0 Å². The Kier molecular flexibility index (Phi) is 2.14. The molecule has 0 aromatic heterocycles. The van der Waals surface area contributed by atoms with E-state index in [1.807, 2.05) is 0 Å². The summed E-state index contributed by atoms with van der Waals surface area (Å²) in [6, 6.07) is 0. The highest BCUT2D eigenvalue weighted by molar-refractivity contribution is 7.95. The molecule has 9 heavy (non-hydrogen) atoms. The SMILES string of the molecule is C=C(C(C)=O)S(C)(=O)=O. The molecule has 0 fully saturated rings. The van der Waals surface area contributed by atoms with Crippen LogP contribution in [0, 0.1) is 0 Å². The van der Waals surface area contributed by atoms with E-state index in [1.54, 1.807) is 0 Å². The molecule has 0 bridgehead atoms. The van der Waals surface area contributed by atoms with Crippen molar-refractivity contribution in [2.45, 2.75) is 6.92 Å². The molecule has 0 aromatic carbocycles. The topological polar surface area (TPSA) is 51.2 Å². The van der Waals surface area contributed by atoms with E-state index in [9.17, 15) is 13.2 Å². The molecular weight excluding hydrogens is 140 g/mol. The predicted molar refractivity (Wildman–Crippen MR) is 34.7 cm³/mol. The van der Waals surface area contributed by atoms with E-state index in [2.05, 4.69) is 6.58 Å². The molecule has 0 saturated heterocycles. The van der Waals surface area contributed by atoms with Crippen LogP contribution in [-0.2, 0) is 14.6 Å². The maximum Gasteiger partial charge on any atom is 0.178 e. The number of Topliss-reactive ketones (excluding diaryl/α,β-unsaturated/α-hetero) is 1. The Balaban J connectivity index is 4.66. The molecule has 3 nitrogen and oxygen atoms in total. The molecule has 4 heteroatoms. The predicted octanol–water partition coefficient (Wildman–Crippen LogP) is 0.134. The number of carbonyl (C=O) groups excluding carboxylic acids is 1. The highest BCUT2D eigenvalue weighted by Gasteiger charge is 2.11. The van der Waals surface area contributed by atoms with Crippen LogP contribution in [0.5, 0.6) is 0 Å². The van der Waals surface area contributed by atoms with Gasteiger partial charge in [-0.05, 0) is 6.92 Å². The average molecular weight is 148 g/mol. The Morgan fingerprint density at radius 3 is 1.78 bits per heavy atom. The van der Waals surface area contributed by atoms with E-state index < -0.39 is 15.6 Å². The summed E-state index contributed by atoms with van der Waals surface area (Å²) in [6.45, 7) is 4.26. The fourth-order valence-corrected chi connectivity index (χ4v) is 0.783. The van der Waals surface area contributed by atoms with Gasteiger partial charge in [-0.2, -0.15) is 0 Å². The summed E-state index contributed by atoms with van der Waals surface area (Å²) in [4.78, 5) is 9.98. The van der Waals surface area contributed by atoms with E-state index in [1.165, 1.54) is 6.92 Å². The van der Waals surface area contributed by atoms with Gasteiger partial charge in [-0.1, -0.05) is 6.58 Å². The van der Waals surface area contributed by atoms with Gasteiger partial charge in [0.15, 0.2) is 15.6 Å². The highest BCUT2D eigenvalue weighted by atomic mass is 32.2. The Hall–Kier alpha value is -0.640. The van der Waals surface area contributed by atoms with Crippen LogP contribution in [-0.4, -0.2) is 20.5 Å². The second kappa shape index (κ2) is 2.31. The maximum atomic E-state index is 10.5. The quantitative estimate of drug-likeness (QED) is 0.523. The molecule has 0 unspecified atom stereocenters. The molecule has 0 aliphatic rings. The van der Waals surface area contributed by atoms with Crippen molar-refractivity contribution in [2.24, 2.45) is 0 Å². The molecule has 0 aromatic rings. The second-order valence-electron chi connectivity index (χ2n) is 1.75. The third-order valence-electron chi connectivity index (χ3n) is 0.840. The molecule has 0 saturated carbocycles. The van der Waals surface area contributed by atoms with Gasteiger partial charge >= 0.3 is 0 Å². The summed E-state index contributed by atoms with van der Waals surface area (Å²) < 4.78 is 20.9. The van der Waals surface area contributed by atoms with Crippen molar-refractivity contribution in [1.29, 1.82) is 0 Å². The molecule has 0 N–H and O–H groups in total. The number of hydrogen-bond donors (Lipinski definition) is 0. The van der Waals surface area contributed by atoms with Gasteiger partial charge < -0.3 is 0 Å². The van der Waals surface area contributed by atoms with Crippen LogP contribution in [0.15, 0.2) is 11.5 Å². The van der Waals surface area contributed by atoms with Crippen molar-refractivity contribution in [3.8, 4) is 0 Å². The summed E-state index contributed by atoms with van der Waals surface area (Å²) in [7, 11) is -3.35. The Labute approximate surface area is 54.3 Å². The van der Waals surface area contributed by atoms with Crippen molar-refractivity contribution >= 4 is 15.6 Å². The van der Waals surface area contributed by atoms with Crippen molar-refractivity contribution in [3.63, 3.8) is 0 Å². The van der Waals surface area contributed by atoms with Gasteiger partial charge in [0.1, 0.15) is 4.91 Å². The average Bonchev–Trinajstić information content (AvgIpc) is 1.62. The lowest BCUT2D eigenvalue weighted by Crippen LogP contribution is -2.06. The number of carbonyl (C=O) groups is 1. The van der Waals surface area contributed by atoms with Gasteiger partial charge in [0.2, 0.25) is 0 Å². The van der Waals surface area contributed by atoms with Crippen LogP contribution < -0.4 is 0 Å². The fraction of sp³-hybridized carbons (Fsp3) is 0.400. The second-order valence-corrected chi connectivity index (χ2v) is 3.79. The molecule has 0 heterocycles. The van der Waals surface area contributed by atoms with Gasteiger partial charge in [-0.25, -0.2) is 8.42 Å². The van der Waals surface area contributed by atoms with E-state index >= 15 is 0 Å². The zero-order valence-corrected chi connectivity index (χ0v) is 6.16. The van der Waals surface area contributed by atoms with Gasteiger partial charge in [-0.15, -0.1) is 0 Å². The Bertz CT molecular complexity index is 235. The van der Waals surface area contributed by atoms with Crippen LogP contribution in [0.4, 0.5) is 0 Å². The van der Waals surface area contributed by atoms with Gasteiger partial charge in [-0.3, -0.25) is 4.79 Å². The highest BCUT2D eigenvalue weighted by Crippen LogP contribution is 2.00. The van der Waals surface area contributed by atoms with Gasteiger partial charge in [0.25, 0.3) is 0 Å². The first-order valence-corrected chi connectivity index (χ1v) is 4.14. The normalized spacial score (nSPS) is 10.9. The van der Waals surface area contributed by atoms with Gasteiger partial charge in [0.05, 0.1) is 0 Å². The van der Waals surface area contributed by atoms with E-state index in [0.29, 0.717) is 0 Å². The summed E-state index contributed by atoms with van der Waals surface area (Å²) >= 11 is 0. The minimum absolute atomic E-state index is 0.331. The largest absolute Gasteiger partial charge is 0.294 e. The minimum Gasteiger partial charge on any atom is -0.294 e. The molecule has 0 spiro atoms. The molecule has 52 valence electrons. The fourth-order valence-electron chi connectivity index (χ4n) is 0.261. The first kappa shape index (κ1) is 8.36. The molecule has 0 amide bonds. The summed E-state index contributed by atoms with van der Waals surface area (Å²) in [5, 5.41) is 0. The number of ketones is 1. The van der Waals surface area contributed by atoms with Crippen molar-refractivity contribution in [2.75, 3.05) is 6.26 Å². The number of sulfone groups is 1. The standard InChI is InChI=1S/C5H8O3S/c1-4(6)5(2)9(3,7)8/h2H2,1,3H3. The van der Waals surface area contributed by atoms with E-state index in [-0.39, 0.29) is 4.91 Å². The van der Waals surface area contributed by atoms with Gasteiger partial charge in [0, 0.05) is 6.26 Å². The van der Waals surface area contributed by atoms with Crippen molar-refractivity contribution < 1.29 is 13.2 Å². The van der Waals surface area contributed by atoms with Crippen LogP contribution in [0.3, 0.4) is 0 Å². The summed E-state index contributed by atoms with van der Waals surface area (Å²) in [5.41, 5.74) is 0. The van der Waals surface area contributed by atoms with Crippen molar-refractivity contribution in [3.05, 3.63) is 11.5 Å². The molecular formula is C5H8O3S.